The average Bonchev–Trinajstić information content (AvgIpc) is 1.81. The molecule has 95 heavy (non-hydrogen) atoms. The van der Waals surface area contributed by atoms with Gasteiger partial charge < -0.3 is 89.7 Å². The van der Waals surface area contributed by atoms with Gasteiger partial charge in [0.25, 0.3) is 0 Å². The van der Waals surface area contributed by atoms with Crippen LogP contribution in [0.2, 0.25) is 0 Å². The van der Waals surface area contributed by atoms with Gasteiger partial charge in [-0.25, -0.2) is 0 Å². The molecule has 0 aromatic heterocycles. The first-order chi connectivity index (χ1) is 45.1. The minimum absolute atomic E-state index is 0.00282. The zero-order valence-corrected chi connectivity index (χ0v) is 56.6. The van der Waals surface area contributed by atoms with Crippen LogP contribution in [0.5, 0.6) is 5.75 Å². The van der Waals surface area contributed by atoms with Gasteiger partial charge in [0.2, 0.25) is 65.0 Å². The molecule has 1 aromatic rings. The zero-order valence-electron chi connectivity index (χ0n) is 55.0. The molecular formula is C61H97N15O17S2. The van der Waals surface area contributed by atoms with E-state index in [1.54, 1.807) is 26.0 Å². The van der Waals surface area contributed by atoms with E-state index < -0.39 is 163 Å². The summed E-state index contributed by atoms with van der Waals surface area (Å²) in [6, 6.07) is -8.63. The van der Waals surface area contributed by atoms with Crippen molar-refractivity contribution in [2.45, 2.75) is 210 Å². The van der Waals surface area contributed by atoms with E-state index in [2.05, 4.69) is 64.7 Å². The van der Waals surface area contributed by atoms with E-state index in [1.165, 1.54) is 49.2 Å². The van der Waals surface area contributed by atoms with Crippen LogP contribution in [0.1, 0.15) is 149 Å². The summed E-state index contributed by atoms with van der Waals surface area (Å²) in [6.07, 6.45) is 2.92. The third-order valence-corrected chi connectivity index (χ3v) is 17.7. The molecule has 2 bridgehead atoms. The molecule has 530 valence electrons. The number of hydrogen-bond donors (Lipinski definition) is 14. The molecule has 0 spiro atoms. The quantitative estimate of drug-likeness (QED) is 0.0223. The lowest BCUT2D eigenvalue weighted by molar-refractivity contribution is -0.143. The topological polar surface area (TPSA) is 495 Å². The summed E-state index contributed by atoms with van der Waals surface area (Å²) in [6.45, 7) is 13.1. The number of ether oxygens (including phenoxy) is 1. The van der Waals surface area contributed by atoms with Crippen molar-refractivity contribution in [1.82, 2.24) is 52.8 Å². The van der Waals surface area contributed by atoms with Crippen LogP contribution in [0.25, 0.3) is 0 Å². The first-order valence-electron chi connectivity index (χ1n) is 31.9. The summed E-state index contributed by atoms with van der Waals surface area (Å²) in [5, 5.41) is 45.9. The number of thioether (sulfide) groups is 2. The Labute approximate surface area is 561 Å². The van der Waals surface area contributed by atoms with Crippen LogP contribution in [-0.4, -0.2) is 203 Å². The number of nitrogens with zero attached hydrogens (tertiary/aromatic N) is 3. The van der Waals surface area contributed by atoms with E-state index in [0.717, 1.165) is 19.3 Å². The Hall–Kier alpha value is -8.43. The number of unbranched alkanes of at least 4 members (excludes halogenated alkanes) is 4. The number of carbonyl (C=O) groups is 13. The van der Waals surface area contributed by atoms with E-state index in [9.17, 15) is 67.7 Å². The number of carbonyl (C=O) groups excluding carboxylic acids is 11. The van der Waals surface area contributed by atoms with Crippen molar-refractivity contribution >= 4 is 113 Å². The van der Waals surface area contributed by atoms with Gasteiger partial charge in [0.05, 0.1) is 13.0 Å². The maximum Gasteiger partial charge on any atom is 0.305 e. The molecule has 2 heterocycles. The van der Waals surface area contributed by atoms with Gasteiger partial charge in [-0.05, 0) is 107 Å². The Morgan fingerprint density at radius 3 is 1.91 bits per heavy atom. The average molecular weight is 1380 g/mol. The third-order valence-electron chi connectivity index (χ3n) is 15.4. The molecule has 17 N–H and O–H groups in total. The fourth-order valence-corrected chi connectivity index (χ4v) is 12.0. The van der Waals surface area contributed by atoms with Crippen LogP contribution in [0.15, 0.2) is 28.3 Å². The Kier molecular flexibility index (Phi) is 36.4. The molecule has 2 aliphatic heterocycles. The van der Waals surface area contributed by atoms with Crippen LogP contribution in [0, 0.1) is 5.92 Å². The number of rotatable bonds is 27. The van der Waals surface area contributed by atoms with Crippen molar-refractivity contribution in [3.05, 3.63) is 29.3 Å². The number of guanidine groups is 1. The number of nitrogens with one attached hydrogen (secondary N) is 9. The largest absolute Gasteiger partial charge is 0.494 e. The second-order valence-electron chi connectivity index (χ2n) is 23.3. The van der Waals surface area contributed by atoms with Crippen LogP contribution >= 0.6 is 23.5 Å². The smallest absolute Gasteiger partial charge is 0.305 e. The molecule has 1 fully saturated rings. The maximum absolute atomic E-state index is 15.1. The van der Waals surface area contributed by atoms with Crippen LogP contribution in [0.3, 0.4) is 0 Å². The number of fused-ring (bicyclic) bond motifs is 3. The highest BCUT2D eigenvalue weighted by Gasteiger charge is 2.41. The predicted octanol–water partition coefficient (Wildman–Crippen LogP) is -0.733. The van der Waals surface area contributed by atoms with Crippen molar-refractivity contribution in [2.75, 3.05) is 37.8 Å². The first-order valence-corrected chi connectivity index (χ1v) is 34.2. The summed E-state index contributed by atoms with van der Waals surface area (Å²) in [4.78, 5) is 187. The molecule has 1 aromatic carbocycles. The molecule has 11 atom stereocenters. The lowest BCUT2D eigenvalue weighted by Crippen LogP contribution is -2.61. The van der Waals surface area contributed by atoms with Crippen molar-refractivity contribution in [3.63, 3.8) is 0 Å². The molecule has 2 aliphatic rings. The summed E-state index contributed by atoms with van der Waals surface area (Å²) >= 11 is 2.43. The molecule has 0 radical (unpaired) electrons. The molecular weight excluding hydrogens is 1280 g/mol. The highest BCUT2D eigenvalue weighted by molar-refractivity contribution is 7.98. The number of benzene rings is 1. The number of amides is 11. The highest BCUT2D eigenvalue weighted by Crippen LogP contribution is 2.27. The number of aliphatic imine (C=N–C) groups is 1. The SMILES string of the molecule is C=NOCCCCCCOc1cc2cc(c1)CSC[C@H](NC(=O)[C@H](CCCN=C(N)N)NC(C)=O)C(=O)N1CCC[C@H]1C(=O)N[C@@H](CCCC)C(=O)N[C@@H](CC(=O)O)C(=O)N[C@@H]([C@@H](C)CC)C(=O)N[C@@H](C)C(=O)N[C@@H](C)C(=O)N[C@@H](CCC(=O)O)C(=O)N[C@H](C(N)=O)CSC2. The van der Waals surface area contributed by atoms with Crippen LogP contribution in [-0.2, 0) is 78.7 Å². The minimum atomic E-state index is -1.83. The predicted molar refractivity (Wildman–Crippen MR) is 355 cm³/mol. The number of nitrogens with two attached hydrogens (primary N) is 3. The number of aliphatic carboxylic acids is 2. The normalized spacial score (nSPS) is 23.3. The number of carboxylic acid groups (broad SMARTS) is 2. The number of primary amides is 1. The Bertz CT molecular complexity index is 2850. The second-order valence-corrected chi connectivity index (χ2v) is 25.4. The standard InChI is InChI=1S/C61H97N15O17S2/c1-8-10-17-42-55(86)72-44(29-49(80)81)57(88)75-50(34(3)9-2)59(90)68-35(4)52(83)67-36(5)53(84)70-43(20-21-48(78)79)56(87)73-45(51(62)82)32-94-30-38-26-39(28-40(27-38)92-24-13-11-12-14-25-93-65-7)31-95-33-46(60(91)76-23-16-19-47(76)58(89)71-42)74-54(85)41(69-37(6)77)18-15-22-66-61(63)64/h26-28,34-36,41-47,50H,7-25,29-33H2,1-6H3,(H2,62,82)(H,67,83)(H,68,90)(H,69,77)(H,70,84)(H,71,89)(H,72,86)(H,73,87)(H,74,85)(H,75,88)(H,78,79)(H,80,81)(H4,63,64,66)/t34-,35-,36-,41-,42-,43-,44-,45-,46-,47-,50-/m0/s1. The molecule has 0 saturated carbocycles. The van der Waals surface area contributed by atoms with Crippen molar-refractivity contribution in [2.24, 2.45) is 33.3 Å². The molecule has 32 nitrogen and oxygen atoms in total. The van der Waals surface area contributed by atoms with E-state index in [-0.39, 0.29) is 74.2 Å². The molecule has 1 saturated heterocycles. The van der Waals surface area contributed by atoms with Gasteiger partial charge in [-0.15, -0.1) is 5.16 Å². The summed E-state index contributed by atoms with van der Waals surface area (Å²) in [5.74, 6) is -12.5. The number of carboxylic acids is 2. The van der Waals surface area contributed by atoms with Crippen molar-refractivity contribution < 1.29 is 82.1 Å². The van der Waals surface area contributed by atoms with Crippen molar-refractivity contribution in [3.8, 4) is 5.75 Å². The highest BCUT2D eigenvalue weighted by atomic mass is 32.2. The number of oxime groups is 1. The van der Waals surface area contributed by atoms with Gasteiger partial charge in [0.1, 0.15) is 72.8 Å². The second kappa shape index (κ2) is 42.8. The Morgan fingerprint density at radius 2 is 1.31 bits per heavy atom. The van der Waals surface area contributed by atoms with Gasteiger partial charge in [0, 0.05) is 56.2 Å². The fourth-order valence-electron chi connectivity index (χ4n) is 10.0. The summed E-state index contributed by atoms with van der Waals surface area (Å²) in [7, 11) is 0. The molecule has 0 aliphatic carbocycles. The van der Waals surface area contributed by atoms with Gasteiger partial charge in [-0.1, -0.05) is 46.1 Å². The summed E-state index contributed by atoms with van der Waals surface area (Å²) in [5.41, 5.74) is 18.2. The summed E-state index contributed by atoms with van der Waals surface area (Å²) < 4.78 is 6.25. The molecule has 0 unspecified atom stereocenters. The van der Waals surface area contributed by atoms with Gasteiger partial charge in [-0.3, -0.25) is 67.3 Å². The monoisotopic (exact) mass is 1380 g/mol. The maximum atomic E-state index is 15.1. The van der Waals surface area contributed by atoms with E-state index >= 15 is 4.79 Å². The van der Waals surface area contributed by atoms with E-state index in [1.807, 2.05) is 13.0 Å². The molecule has 34 heteroatoms. The molecule has 3 rings (SSSR count). The third kappa shape index (κ3) is 29.8. The van der Waals surface area contributed by atoms with Gasteiger partial charge >= 0.3 is 11.9 Å². The fraction of sp³-hybridized carbons (Fsp3) is 0.656. The zero-order chi connectivity index (χ0) is 70.7. The van der Waals surface area contributed by atoms with Gasteiger partial charge in [0.15, 0.2) is 5.96 Å². The number of hydrogen-bond acceptors (Lipinski definition) is 19. The lowest BCUT2D eigenvalue weighted by Gasteiger charge is -2.31. The Morgan fingerprint density at radius 1 is 0.716 bits per heavy atom. The van der Waals surface area contributed by atoms with Crippen LogP contribution in [0.4, 0.5) is 0 Å². The van der Waals surface area contributed by atoms with E-state index in [4.69, 9.17) is 26.8 Å². The van der Waals surface area contributed by atoms with Crippen LogP contribution < -0.4 is 69.8 Å². The molecule has 11 amide bonds. The van der Waals surface area contributed by atoms with E-state index in [0.29, 0.717) is 55.8 Å². The minimum Gasteiger partial charge on any atom is -0.494 e. The van der Waals surface area contributed by atoms with Gasteiger partial charge in [-0.2, -0.15) is 23.5 Å². The van der Waals surface area contributed by atoms with Crippen molar-refractivity contribution in [1.29, 1.82) is 0 Å². The Balaban J connectivity index is 2.20. The first kappa shape index (κ1) is 80.8. The lowest BCUT2D eigenvalue weighted by atomic mass is 9.97.